The lowest BCUT2D eigenvalue weighted by Gasteiger charge is -2.40. The van der Waals surface area contributed by atoms with Crippen LogP contribution in [0, 0.1) is 0 Å². The molecule has 53 heavy (non-hydrogen) atoms. The maximum absolute atomic E-state index is 9.55. The van der Waals surface area contributed by atoms with Gasteiger partial charge in [-0.15, -0.1) is 13.2 Å². The minimum atomic E-state index is -1.26. The third kappa shape index (κ3) is 13.6. The molecule has 0 aromatic heterocycles. The third-order valence-electron chi connectivity index (χ3n) is 8.39. The van der Waals surface area contributed by atoms with Crippen LogP contribution in [-0.4, -0.2) is 116 Å². The third-order valence-corrected chi connectivity index (χ3v) is 8.39. The van der Waals surface area contributed by atoms with Crippen LogP contribution in [0.4, 0.5) is 0 Å². The number of guanidine groups is 1. The van der Waals surface area contributed by atoms with E-state index in [-0.39, 0.29) is 6.17 Å². The largest absolute Gasteiger partial charge is 0.478 e. The van der Waals surface area contributed by atoms with Gasteiger partial charge in [-0.2, -0.15) is 4.99 Å². The number of fused-ring (bicyclic) bond motifs is 2. The number of hydrazine groups is 1. The Morgan fingerprint density at radius 2 is 1.26 bits per heavy atom. The highest BCUT2D eigenvalue weighted by atomic mass is 16.4. The molecule has 1 aliphatic carbocycles. The van der Waals surface area contributed by atoms with Crippen LogP contribution >= 0.6 is 0 Å². The number of hydrogen-bond acceptors (Lipinski definition) is 11. The van der Waals surface area contributed by atoms with Crippen LogP contribution in [0.2, 0.25) is 0 Å². The van der Waals surface area contributed by atoms with Gasteiger partial charge in [0.05, 0.1) is 6.04 Å². The molecule has 0 saturated carbocycles. The van der Waals surface area contributed by atoms with Crippen molar-refractivity contribution in [2.45, 2.75) is 37.9 Å². The molecule has 2 heterocycles. The molecular weight excluding hydrogens is 682 g/mol. The Morgan fingerprint density at radius 1 is 0.774 bits per heavy atom. The van der Waals surface area contributed by atoms with E-state index in [2.05, 4.69) is 86.8 Å². The molecule has 3 aliphatic rings. The van der Waals surface area contributed by atoms with Crippen LogP contribution in [0.25, 0.3) is 0 Å². The second-order valence-corrected chi connectivity index (χ2v) is 12.0. The number of carboxylic acids is 4. The summed E-state index contributed by atoms with van der Waals surface area (Å²) in [4.78, 5) is 52.7. The van der Waals surface area contributed by atoms with Gasteiger partial charge < -0.3 is 25.7 Å². The average molecular weight is 730 g/mol. The summed E-state index contributed by atoms with van der Waals surface area (Å²) in [6.07, 6.45) is 9.25. The van der Waals surface area contributed by atoms with Crippen molar-refractivity contribution in [2.24, 2.45) is 15.8 Å². The van der Waals surface area contributed by atoms with Crippen LogP contribution in [-0.2, 0) is 32.0 Å². The molecule has 1 fully saturated rings. The van der Waals surface area contributed by atoms with E-state index in [9.17, 15) is 19.2 Å². The molecule has 282 valence electrons. The lowest BCUT2D eigenvalue weighted by atomic mass is 9.93. The summed E-state index contributed by atoms with van der Waals surface area (Å²) >= 11 is 0. The molecule has 15 heteroatoms. The quantitative estimate of drug-likeness (QED) is 0.105. The first-order valence-electron chi connectivity index (χ1n) is 17.0. The van der Waals surface area contributed by atoms with Crippen LogP contribution in [0.5, 0.6) is 0 Å². The van der Waals surface area contributed by atoms with Crippen molar-refractivity contribution in [3.8, 4) is 0 Å². The Morgan fingerprint density at radius 3 is 1.72 bits per heavy atom. The van der Waals surface area contributed by atoms with Crippen molar-refractivity contribution >= 4 is 35.7 Å². The highest BCUT2D eigenvalue weighted by molar-refractivity contribution is 5.98. The van der Waals surface area contributed by atoms with Gasteiger partial charge in [0, 0.05) is 76.4 Å². The van der Waals surface area contributed by atoms with E-state index >= 15 is 0 Å². The van der Waals surface area contributed by atoms with Crippen LogP contribution in [0.3, 0.4) is 0 Å². The number of rotatable bonds is 12. The number of nitrogens with two attached hydrogens (primary N) is 1. The van der Waals surface area contributed by atoms with E-state index in [1.54, 1.807) is 5.01 Å². The van der Waals surface area contributed by atoms with Gasteiger partial charge in [-0.1, -0.05) is 60.7 Å². The van der Waals surface area contributed by atoms with Gasteiger partial charge in [0.15, 0.2) is 0 Å². The molecule has 5 rings (SSSR count). The number of aliphatic imine (C=N–C) groups is 2. The van der Waals surface area contributed by atoms with Crippen molar-refractivity contribution in [3.05, 3.63) is 120 Å². The maximum atomic E-state index is 9.55. The van der Waals surface area contributed by atoms with Gasteiger partial charge in [-0.25, -0.2) is 30.0 Å². The van der Waals surface area contributed by atoms with Crippen molar-refractivity contribution in [1.29, 1.82) is 0 Å². The van der Waals surface area contributed by atoms with Gasteiger partial charge >= 0.3 is 23.9 Å². The highest BCUT2D eigenvalue weighted by Crippen LogP contribution is 2.37. The Bertz CT molecular complexity index is 1620. The molecule has 1 unspecified atom stereocenters. The first-order valence-corrected chi connectivity index (χ1v) is 17.0. The van der Waals surface area contributed by atoms with Gasteiger partial charge in [0.2, 0.25) is 5.96 Å². The summed E-state index contributed by atoms with van der Waals surface area (Å²) in [5, 5.41) is 36.3. The topological polar surface area (TPSA) is 222 Å². The zero-order valence-electron chi connectivity index (χ0n) is 29.5. The molecule has 0 spiro atoms. The number of aryl methyl sites for hydroxylation is 2. The predicted octanol–water partition coefficient (Wildman–Crippen LogP) is 2.93. The molecule has 0 radical (unpaired) electrons. The fraction of sp³-hybridized carbons (Fsp3) is 0.316. The van der Waals surface area contributed by atoms with E-state index in [1.807, 2.05) is 12.2 Å². The van der Waals surface area contributed by atoms with E-state index in [1.165, 1.54) is 22.3 Å². The normalized spacial score (nSPS) is 17.4. The molecule has 1 atom stereocenters. The predicted molar refractivity (Wildman–Crippen MR) is 201 cm³/mol. The maximum Gasteiger partial charge on any atom is 0.328 e. The summed E-state index contributed by atoms with van der Waals surface area (Å²) in [5.74, 6) is 2.71. The molecular formula is C38H47N7O8. The molecule has 1 saturated heterocycles. The summed E-state index contributed by atoms with van der Waals surface area (Å²) in [6, 6.07) is 18.4. The monoisotopic (exact) mass is 729 g/mol. The van der Waals surface area contributed by atoms with Crippen molar-refractivity contribution < 1.29 is 39.6 Å². The summed E-state index contributed by atoms with van der Waals surface area (Å²) < 4.78 is 0. The average Bonchev–Trinajstić information content (AvgIpc) is 3.30. The van der Waals surface area contributed by atoms with Crippen LogP contribution in [0.1, 0.15) is 41.1 Å². The molecule has 15 nitrogen and oxygen atoms in total. The zero-order chi connectivity index (χ0) is 38.8. The van der Waals surface area contributed by atoms with Crippen molar-refractivity contribution in [3.63, 3.8) is 0 Å². The van der Waals surface area contributed by atoms with Gasteiger partial charge in [0.25, 0.3) is 0 Å². The number of carbonyl (C=O) groups is 4. The molecule has 2 aromatic rings. The Kier molecular flexibility index (Phi) is 16.8. The SMILES string of the molecule is C=CCC1=NC(CC=C)N(N)C(NCCN2CCN(C3c4ccccc4CCc4ccccc43)CC2)=N1.O=C(O)C=CC(=O)O.O=C(O)C=CC(=O)O. The van der Waals surface area contributed by atoms with Crippen LogP contribution in [0.15, 0.2) is 108 Å². The number of aliphatic carboxylic acids is 4. The molecule has 0 amide bonds. The van der Waals surface area contributed by atoms with E-state index in [0.717, 1.165) is 57.9 Å². The van der Waals surface area contributed by atoms with E-state index < -0.39 is 23.9 Å². The minimum absolute atomic E-state index is 0.179. The smallest absolute Gasteiger partial charge is 0.328 e. The lowest BCUT2D eigenvalue weighted by molar-refractivity contribution is -0.134. The number of benzene rings is 2. The number of carboxylic acid groups (broad SMARTS) is 4. The van der Waals surface area contributed by atoms with Gasteiger partial charge in [-0.05, 0) is 35.1 Å². The summed E-state index contributed by atoms with van der Waals surface area (Å²) in [7, 11) is 0. The Hall–Kier alpha value is -5.90. The van der Waals surface area contributed by atoms with E-state index in [4.69, 9.17) is 26.3 Å². The highest BCUT2D eigenvalue weighted by Gasteiger charge is 2.31. The van der Waals surface area contributed by atoms with E-state index in [0.29, 0.717) is 49.1 Å². The molecule has 2 aromatic carbocycles. The summed E-state index contributed by atoms with van der Waals surface area (Å²) in [6.45, 7) is 13.6. The second-order valence-electron chi connectivity index (χ2n) is 12.0. The number of nitrogens with zero attached hydrogens (tertiary/aromatic N) is 5. The minimum Gasteiger partial charge on any atom is -0.478 e. The second kappa shape index (κ2) is 21.5. The fourth-order valence-electron chi connectivity index (χ4n) is 6.00. The van der Waals surface area contributed by atoms with Crippen LogP contribution < -0.4 is 11.2 Å². The first kappa shape index (κ1) is 41.5. The fourth-order valence-corrected chi connectivity index (χ4v) is 6.00. The summed E-state index contributed by atoms with van der Waals surface area (Å²) in [5.41, 5.74) is 5.94. The zero-order valence-corrected chi connectivity index (χ0v) is 29.5. The standard InChI is InChI=1S/C30H39N7.2C4H4O4/c1-3-9-27-33-28(10-4-2)37(31)30(34-27)32-17-18-35-19-21-36(22-20-35)29-25-13-7-5-11-23(25)15-16-24-12-6-8-14-26(24)29;2*5-3(6)1-2-4(7)8/h3-8,11-14,28-29H,1-2,9-10,15-22,31H2,(H,32,33,34);2*1-2H,(H,5,6)(H,7,8). The molecule has 0 bridgehead atoms. The number of piperazine rings is 1. The molecule has 2 aliphatic heterocycles. The molecule has 7 N–H and O–H groups in total. The number of amidine groups is 1. The van der Waals surface area contributed by atoms with Crippen molar-refractivity contribution in [1.82, 2.24) is 20.1 Å². The Labute approximate surface area is 308 Å². The van der Waals surface area contributed by atoms with Gasteiger partial charge in [-0.3, -0.25) is 14.8 Å². The number of nitrogens with one attached hydrogen (secondary N) is 1. The van der Waals surface area contributed by atoms with Crippen molar-refractivity contribution in [2.75, 3.05) is 39.3 Å². The Balaban J connectivity index is 0.000000395. The van der Waals surface area contributed by atoms with Gasteiger partial charge in [0.1, 0.15) is 12.0 Å². The lowest BCUT2D eigenvalue weighted by Crippen LogP contribution is -2.55. The first-order chi connectivity index (χ1) is 25.4. The number of hydrogen-bond donors (Lipinski definition) is 6.